The highest BCUT2D eigenvalue weighted by Crippen LogP contribution is 2.40. The fraction of sp³-hybridized carbons (Fsp3) is 0. The summed E-state index contributed by atoms with van der Waals surface area (Å²) in [6, 6.07) is 32.8. The van der Waals surface area contributed by atoms with Crippen molar-refractivity contribution in [2.45, 2.75) is 0 Å². The summed E-state index contributed by atoms with van der Waals surface area (Å²) in [5.41, 5.74) is 4.89. The summed E-state index contributed by atoms with van der Waals surface area (Å²) < 4.78 is 60.4. The molecule has 0 aliphatic rings. The summed E-state index contributed by atoms with van der Waals surface area (Å²) >= 11 is 0. The molecule has 3 aromatic heterocycles. The molecule has 5 heteroatoms. The van der Waals surface area contributed by atoms with Crippen molar-refractivity contribution in [2.24, 2.45) is 0 Å². The summed E-state index contributed by atoms with van der Waals surface area (Å²) in [6.45, 7) is 0. The van der Waals surface area contributed by atoms with Gasteiger partial charge in [-0.1, -0.05) is 127 Å². The molecular formula is C39H24N4O. The number of nitrogens with zero attached hydrogens (tertiary/aromatic N) is 4. The van der Waals surface area contributed by atoms with E-state index >= 15 is 0 Å². The summed E-state index contributed by atoms with van der Waals surface area (Å²) in [5.74, 6) is 0.658. The van der Waals surface area contributed by atoms with Crippen molar-refractivity contribution < 1.29 is 12.6 Å². The van der Waals surface area contributed by atoms with Crippen molar-refractivity contribution in [1.82, 2.24) is 19.5 Å². The Labute approximate surface area is 261 Å². The molecule has 0 aliphatic carbocycles. The van der Waals surface area contributed by atoms with Gasteiger partial charge in [0.2, 0.25) is 5.95 Å². The summed E-state index contributed by atoms with van der Waals surface area (Å²) in [4.78, 5) is 14.7. The molecule has 6 aromatic carbocycles. The average Bonchev–Trinajstić information content (AvgIpc) is 3.71. The van der Waals surface area contributed by atoms with Crippen molar-refractivity contribution >= 4 is 43.7 Å². The molecule has 0 unspecified atom stereocenters. The van der Waals surface area contributed by atoms with Crippen LogP contribution in [0.25, 0.3) is 83.6 Å². The molecule has 0 N–H and O–H groups in total. The highest BCUT2D eigenvalue weighted by atomic mass is 16.3. The van der Waals surface area contributed by atoms with Crippen LogP contribution in [0, 0.1) is 0 Å². The van der Waals surface area contributed by atoms with Crippen molar-refractivity contribution in [1.29, 1.82) is 0 Å². The number of benzene rings is 6. The molecule has 0 fully saturated rings. The van der Waals surface area contributed by atoms with Gasteiger partial charge in [0, 0.05) is 32.7 Å². The average molecular weight is 571 g/mol. The minimum absolute atomic E-state index is 0.0585. The van der Waals surface area contributed by atoms with E-state index in [1.54, 1.807) is 0 Å². The summed E-state index contributed by atoms with van der Waals surface area (Å²) in [5, 5.41) is 2.06. The van der Waals surface area contributed by atoms with Crippen LogP contribution in [-0.2, 0) is 0 Å². The maximum Gasteiger partial charge on any atom is 0.238 e. The lowest BCUT2D eigenvalue weighted by Gasteiger charge is -2.11. The van der Waals surface area contributed by atoms with Crippen LogP contribution in [-0.4, -0.2) is 19.5 Å². The van der Waals surface area contributed by atoms with E-state index in [-0.39, 0.29) is 69.8 Å². The Morgan fingerprint density at radius 1 is 0.477 bits per heavy atom. The molecule has 3 heterocycles. The van der Waals surface area contributed by atoms with Crippen molar-refractivity contribution in [3.05, 3.63) is 145 Å². The number of hydrogen-bond donors (Lipinski definition) is 0. The third kappa shape index (κ3) is 3.76. The SMILES string of the molecule is [2H]c1cc([2H])c2c(c1[2H])c1c([2H])c([2H])cc([2H])c1n2-c1nc(-c2ccccc2)nc(-c2cccc3c2oc2c(-c4ccccc4)cccc23)n1. The highest BCUT2D eigenvalue weighted by molar-refractivity contribution is 6.13. The van der Waals surface area contributed by atoms with Crippen molar-refractivity contribution in [3.8, 4) is 39.9 Å². The molecule has 9 rings (SSSR count). The largest absolute Gasteiger partial charge is 0.455 e. The van der Waals surface area contributed by atoms with Gasteiger partial charge in [0.15, 0.2) is 11.6 Å². The second-order valence-electron chi connectivity index (χ2n) is 10.4. The third-order valence-corrected chi connectivity index (χ3v) is 7.83. The van der Waals surface area contributed by atoms with E-state index in [1.807, 2.05) is 97.1 Å². The Kier molecular flexibility index (Phi) is 4.25. The third-order valence-electron chi connectivity index (χ3n) is 7.83. The first kappa shape index (κ1) is 19.2. The van der Waals surface area contributed by atoms with E-state index in [0.29, 0.717) is 22.5 Å². The monoisotopic (exact) mass is 570 g/mol. The van der Waals surface area contributed by atoms with Crippen LogP contribution in [0.5, 0.6) is 0 Å². The molecule has 0 atom stereocenters. The second kappa shape index (κ2) is 9.75. The number of fused-ring (bicyclic) bond motifs is 6. The predicted molar refractivity (Wildman–Crippen MR) is 178 cm³/mol. The highest BCUT2D eigenvalue weighted by Gasteiger charge is 2.21. The van der Waals surface area contributed by atoms with E-state index in [4.69, 9.17) is 27.6 Å². The number of aromatic nitrogens is 4. The van der Waals surface area contributed by atoms with Gasteiger partial charge in [-0.25, -0.2) is 4.98 Å². The van der Waals surface area contributed by atoms with Crippen molar-refractivity contribution in [2.75, 3.05) is 0 Å². The van der Waals surface area contributed by atoms with Gasteiger partial charge in [-0.15, -0.1) is 0 Å². The Hall–Kier alpha value is -6.07. The quantitative estimate of drug-likeness (QED) is 0.211. The molecule has 0 aliphatic heterocycles. The van der Waals surface area contributed by atoms with Gasteiger partial charge in [0.05, 0.1) is 24.8 Å². The molecule has 0 saturated heterocycles. The molecule has 206 valence electrons. The molecule has 44 heavy (non-hydrogen) atoms. The van der Waals surface area contributed by atoms with Crippen LogP contribution in [0.15, 0.2) is 150 Å². The van der Waals surface area contributed by atoms with Crippen LogP contribution in [0.3, 0.4) is 0 Å². The van der Waals surface area contributed by atoms with E-state index in [2.05, 4.69) is 0 Å². The summed E-state index contributed by atoms with van der Waals surface area (Å²) in [6.07, 6.45) is 0. The predicted octanol–water partition coefficient (Wildman–Crippen LogP) is 9.87. The standard InChI is InChI=1S/C39H24N4O/c1-3-13-25(14-4-1)27-19-11-20-30-31-21-12-22-32(36(31)44-35(27)30)38-40-37(26-15-5-2-6-16-26)41-39(42-38)43-33-23-9-7-17-28(33)29-18-8-10-24-34(29)43/h1-24H/i7D,8D,17D,18D,23D,24D. The maximum absolute atomic E-state index is 8.94. The van der Waals surface area contributed by atoms with Gasteiger partial charge in [-0.2, -0.15) is 9.97 Å². The van der Waals surface area contributed by atoms with E-state index in [1.165, 1.54) is 16.7 Å². The lowest BCUT2D eigenvalue weighted by molar-refractivity contribution is 0.670. The molecule has 0 radical (unpaired) electrons. The lowest BCUT2D eigenvalue weighted by atomic mass is 10.0. The molecule has 0 saturated carbocycles. The van der Waals surface area contributed by atoms with Gasteiger partial charge in [0.1, 0.15) is 11.2 Å². The summed E-state index contributed by atoms with van der Waals surface area (Å²) in [7, 11) is 0. The minimum Gasteiger partial charge on any atom is -0.455 e. The second-order valence-corrected chi connectivity index (χ2v) is 10.4. The van der Waals surface area contributed by atoms with Crippen LogP contribution in [0.1, 0.15) is 8.22 Å². The first-order valence-electron chi connectivity index (χ1n) is 17.1. The number of furan rings is 1. The first-order chi connectivity index (χ1) is 24.3. The molecule has 0 amide bonds. The zero-order valence-corrected chi connectivity index (χ0v) is 23.1. The zero-order chi connectivity index (χ0) is 34.3. The van der Waals surface area contributed by atoms with E-state index in [0.717, 1.165) is 27.5 Å². The Bertz CT molecular complexity index is 2760. The number of rotatable bonds is 4. The first-order valence-corrected chi connectivity index (χ1v) is 14.1. The van der Waals surface area contributed by atoms with Crippen LogP contribution in [0.4, 0.5) is 0 Å². The fourth-order valence-corrected chi connectivity index (χ4v) is 5.86. The zero-order valence-electron chi connectivity index (χ0n) is 29.1. The van der Waals surface area contributed by atoms with Gasteiger partial charge in [-0.3, -0.25) is 4.57 Å². The van der Waals surface area contributed by atoms with Gasteiger partial charge >= 0.3 is 0 Å². The smallest absolute Gasteiger partial charge is 0.238 e. The van der Waals surface area contributed by atoms with Crippen molar-refractivity contribution in [3.63, 3.8) is 0 Å². The number of hydrogen-bond acceptors (Lipinski definition) is 4. The van der Waals surface area contributed by atoms with Crippen LogP contribution in [0.2, 0.25) is 0 Å². The molecule has 0 spiro atoms. The van der Waals surface area contributed by atoms with Crippen LogP contribution >= 0.6 is 0 Å². The van der Waals surface area contributed by atoms with Crippen LogP contribution < -0.4 is 0 Å². The maximum atomic E-state index is 8.94. The Morgan fingerprint density at radius 2 is 1.05 bits per heavy atom. The van der Waals surface area contributed by atoms with Gasteiger partial charge in [-0.05, 0) is 23.7 Å². The van der Waals surface area contributed by atoms with Gasteiger partial charge < -0.3 is 4.42 Å². The minimum atomic E-state index is -0.211. The molecule has 0 bridgehead atoms. The molecule has 9 aromatic rings. The molecule has 5 nitrogen and oxygen atoms in total. The fourth-order valence-electron chi connectivity index (χ4n) is 5.86. The topological polar surface area (TPSA) is 56.7 Å². The normalized spacial score (nSPS) is 13.5. The van der Waals surface area contributed by atoms with Gasteiger partial charge in [0.25, 0.3) is 0 Å². The molecular weight excluding hydrogens is 540 g/mol. The van der Waals surface area contributed by atoms with E-state index < -0.39 is 0 Å². The Morgan fingerprint density at radius 3 is 1.70 bits per heavy atom. The number of para-hydroxylation sites is 4. The van der Waals surface area contributed by atoms with E-state index in [9.17, 15) is 0 Å². The Balaban J connectivity index is 1.39. The lowest BCUT2D eigenvalue weighted by Crippen LogP contribution is -2.06.